The Balaban J connectivity index is 1.47. The zero-order valence-electron chi connectivity index (χ0n) is 17.9. The lowest BCUT2D eigenvalue weighted by atomic mass is 10.1. The van der Waals surface area contributed by atoms with Crippen LogP contribution >= 0.6 is 0 Å². The fourth-order valence-electron chi connectivity index (χ4n) is 3.72. The Morgan fingerprint density at radius 2 is 1.61 bits per heavy atom. The van der Waals surface area contributed by atoms with Crippen molar-refractivity contribution >= 4 is 34.8 Å². The van der Waals surface area contributed by atoms with Gasteiger partial charge in [-0.05, 0) is 48.5 Å². The van der Waals surface area contributed by atoms with Gasteiger partial charge in [0.15, 0.2) is 0 Å². The van der Waals surface area contributed by atoms with E-state index in [0.29, 0.717) is 22.8 Å². The van der Waals surface area contributed by atoms with Gasteiger partial charge in [0.2, 0.25) is 11.8 Å². The summed E-state index contributed by atoms with van der Waals surface area (Å²) < 4.78 is 18.5. The quantitative estimate of drug-likeness (QED) is 0.596. The van der Waals surface area contributed by atoms with E-state index in [0.717, 1.165) is 0 Å². The zero-order valence-corrected chi connectivity index (χ0v) is 17.9. The van der Waals surface area contributed by atoms with Crippen molar-refractivity contribution < 1.29 is 23.5 Å². The summed E-state index contributed by atoms with van der Waals surface area (Å²) in [6, 6.07) is 19.2. The lowest BCUT2D eigenvalue weighted by Crippen LogP contribution is -2.28. The van der Waals surface area contributed by atoms with E-state index in [-0.39, 0.29) is 30.3 Å². The second kappa shape index (κ2) is 9.52. The first-order valence-corrected chi connectivity index (χ1v) is 10.4. The van der Waals surface area contributed by atoms with Crippen LogP contribution in [0.3, 0.4) is 0 Å². The topological polar surface area (TPSA) is 87.7 Å². The van der Waals surface area contributed by atoms with Crippen LogP contribution in [0.2, 0.25) is 0 Å². The van der Waals surface area contributed by atoms with E-state index in [1.165, 1.54) is 36.3 Å². The van der Waals surface area contributed by atoms with E-state index >= 15 is 0 Å². The molecule has 7 nitrogen and oxygen atoms in total. The third-order valence-corrected chi connectivity index (χ3v) is 5.42. The molecule has 0 spiro atoms. The van der Waals surface area contributed by atoms with Crippen molar-refractivity contribution in [3.05, 3.63) is 84.2 Å². The van der Waals surface area contributed by atoms with E-state index in [9.17, 15) is 18.8 Å². The van der Waals surface area contributed by atoms with E-state index < -0.39 is 17.6 Å². The monoisotopic (exact) mass is 447 g/mol. The van der Waals surface area contributed by atoms with Gasteiger partial charge in [-0.2, -0.15) is 0 Å². The minimum atomic E-state index is -0.604. The van der Waals surface area contributed by atoms with E-state index in [1.807, 2.05) is 0 Å². The fraction of sp³-hybridized carbons (Fsp3) is 0.160. The molecule has 1 atom stereocenters. The molecule has 168 valence electrons. The maximum Gasteiger partial charge on any atom is 0.257 e. The summed E-state index contributed by atoms with van der Waals surface area (Å²) in [6.07, 6.45) is 0.0266. The minimum absolute atomic E-state index is 0.0266. The van der Waals surface area contributed by atoms with Gasteiger partial charge in [0.1, 0.15) is 11.6 Å². The van der Waals surface area contributed by atoms with Crippen LogP contribution in [0.15, 0.2) is 72.8 Å². The van der Waals surface area contributed by atoms with Gasteiger partial charge in [0.25, 0.3) is 5.91 Å². The second-order valence-corrected chi connectivity index (χ2v) is 7.57. The number of hydrogen-bond acceptors (Lipinski definition) is 4. The molecule has 0 aliphatic carbocycles. The van der Waals surface area contributed by atoms with Gasteiger partial charge in [-0.1, -0.05) is 24.3 Å². The molecular formula is C25H22FN3O4. The summed E-state index contributed by atoms with van der Waals surface area (Å²) in [5.74, 6) is -1.49. The first kappa shape index (κ1) is 22.0. The molecule has 1 aliphatic heterocycles. The van der Waals surface area contributed by atoms with Crippen molar-refractivity contribution in [3.8, 4) is 5.75 Å². The van der Waals surface area contributed by atoms with Crippen LogP contribution in [0.5, 0.6) is 5.75 Å². The summed E-state index contributed by atoms with van der Waals surface area (Å²) in [6.45, 7) is 0.172. The van der Waals surface area contributed by atoms with Crippen LogP contribution in [0.1, 0.15) is 16.8 Å². The molecule has 0 aromatic heterocycles. The van der Waals surface area contributed by atoms with Crippen LogP contribution < -0.4 is 20.3 Å². The van der Waals surface area contributed by atoms with Crippen molar-refractivity contribution in [1.82, 2.24) is 0 Å². The Morgan fingerprint density at radius 1 is 0.939 bits per heavy atom. The average Bonchev–Trinajstić information content (AvgIpc) is 3.22. The van der Waals surface area contributed by atoms with Crippen LogP contribution in [0.25, 0.3) is 0 Å². The number of carbonyl (C=O) groups is 3. The Kier molecular flexibility index (Phi) is 6.35. The molecule has 4 rings (SSSR count). The van der Waals surface area contributed by atoms with Gasteiger partial charge >= 0.3 is 0 Å². The average molecular weight is 447 g/mol. The molecule has 0 bridgehead atoms. The number of hydrogen-bond donors (Lipinski definition) is 2. The van der Waals surface area contributed by atoms with Gasteiger partial charge in [-0.3, -0.25) is 14.4 Å². The van der Waals surface area contributed by atoms with Gasteiger partial charge in [0, 0.05) is 18.7 Å². The highest BCUT2D eigenvalue weighted by Gasteiger charge is 2.35. The SMILES string of the molecule is COc1ccccc1NC(=O)c1ccccc1NC(=O)C1CC(=O)N(c2ccc(F)cc2)C1. The maximum atomic E-state index is 13.2. The van der Waals surface area contributed by atoms with E-state index in [2.05, 4.69) is 10.6 Å². The molecule has 3 aromatic rings. The van der Waals surface area contributed by atoms with Crippen molar-refractivity contribution in [2.75, 3.05) is 29.2 Å². The van der Waals surface area contributed by atoms with Crippen molar-refractivity contribution in [3.63, 3.8) is 0 Å². The van der Waals surface area contributed by atoms with Crippen molar-refractivity contribution in [2.45, 2.75) is 6.42 Å². The molecule has 1 unspecified atom stereocenters. The number of methoxy groups -OCH3 is 1. The first-order valence-electron chi connectivity index (χ1n) is 10.4. The number of amides is 3. The highest BCUT2D eigenvalue weighted by molar-refractivity contribution is 6.11. The number of nitrogens with zero attached hydrogens (tertiary/aromatic N) is 1. The van der Waals surface area contributed by atoms with Crippen molar-refractivity contribution in [1.29, 1.82) is 0 Å². The Morgan fingerprint density at radius 3 is 2.33 bits per heavy atom. The number of nitrogens with one attached hydrogen (secondary N) is 2. The summed E-state index contributed by atoms with van der Waals surface area (Å²) in [7, 11) is 1.51. The highest BCUT2D eigenvalue weighted by Crippen LogP contribution is 2.28. The maximum absolute atomic E-state index is 13.2. The molecule has 33 heavy (non-hydrogen) atoms. The molecule has 1 saturated heterocycles. The Labute approximate surface area is 190 Å². The highest BCUT2D eigenvalue weighted by atomic mass is 19.1. The molecule has 0 saturated carbocycles. The molecule has 2 N–H and O–H groups in total. The second-order valence-electron chi connectivity index (χ2n) is 7.57. The molecule has 1 heterocycles. The van der Waals surface area contributed by atoms with Gasteiger partial charge < -0.3 is 20.3 Å². The molecular weight excluding hydrogens is 425 g/mol. The standard InChI is InChI=1S/C25H22FN3O4/c1-33-22-9-5-4-8-21(22)28-25(32)19-6-2-3-7-20(19)27-24(31)16-14-23(30)29(15-16)18-12-10-17(26)11-13-18/h2-13,16H,14-15H2,1H3,(H,27,31)(H,28,32). The summed E-state index contributed by atoms with van der Waals surface area (Å²) >= 11 is 0. The van der Waals surface area contributed by atoms with Gasteiger partial charge in [0.05, 0.1) is 30.0 Å². The summed E-state index contributed by atoms with van der Waals surface area (Å²) in [4.78, 5) is 39.7. The lowest BCUT2D eigenvalue weighted by Gasteiger charge is -2.17. The lowest BCUT2D eigenvalue weighted by molar-refractivity contribution is -0.122. The zero-order chi connectivity index (χ0) is 23.4. The number of benzene rings is 3. The molecule has 1 fully saturated rings. The summed E-state index contributed by atoms with van der Waals surface area (Å²) in [5.41, 5.74) is 1.65. The number of carbonyl (C=O) groups excluding carboxylic acids is 3. The van der Waals surface area contributed by atoms with Crippen LogP contribution in [0.4, 0.5) is 21.5 Å². The predicted octanol–water partition coefficient (Wildman–Crippen LogP) is 4.08. The largest absolute Gasteiger partial charge is 0.495 e. The number of para-hydroxylation sites is 3. The molecule has 8 heteroatoms. The smallest absolute Gasteiger partial charge is 0.257 e. The van der Waals surface area contributed by atoms with Crippen molar-refractivity contribution in [2.24, 2.45) is 5.92 Å². The van der Waals surface area contributed by atoms with E-state index in [4.69, 9.17) is 4.74 Å². The predicted molar refractivity (Wildman–Crippen MR) is 123 cm³/mol. The normalized spacial score (nSPS) is 15.3. The molecule has 3 amide bonds. The Hall–Kier alpha value is -4.20. The van der Waals surface area contributed by atoms with Gasteiger partial charge in [-0.25, -0.2) is 4.39 Å². The molecule has 1 aliphatic rings. The fourth-order valence-corrected chi connectivity index (χ4v) is 3.72. The number of rotatable bonds is 6. The summed E-state index contributed by atoms with van der Waals surface area (Å²) in [5, 5.41) is 5.57. The molecule has 0 radical (unpaired) electrons. The third-order valence-electron chi connectivity index (χ3n) is 5.42. The third kappa shape index (κ3) is 4.85. The number of halogens is 1. The Bertz CT molecular complexity index is 1200. The van der Waals surface area contributed by atoms with Crippen LogP contribution in [-0.2, 0) is 9.59 Å². The first-order chi connectivity index (χ1) is 16.0. The minimum Gasteiger partial charge on any atom is -0.495 e. The van der Waals surface area contributed by atoms with Crippen LogP contribution in [-0.4, -0.2) is 31.4 Å². The molecule has 3 aromatic carbocycles. The van der Waals surface area contributed by atoms with Gasteiger partial charge in [-0.15, -0.1) is 0 Å². The number of ether oxygens (including phenoxy) is 1. The number of anilines is 3. The van der Waals surface area contributed by atoms with Crippen LogP contribution in [0, 0.1) is 11.7 Å². The van der Waals surface area contributed by atoms with E-state index in [1.54, 1.807) is 48.5 Å².